The van der Waals surface area contributed by atoms with Crippen LogP contribution in [0, 0.1) is 0 Å². The van der Waals surface area contributed by atoms with Crippen LogP contribution in [0.25, 0.3) is 0 Å². The van der Waals surface area contributed by atoms with Gasteiger partial charge in [0.15, 0.2) is 17.3 Å². The van der Waals surface area contributed by atoms with Crippen LogP contribution in [0.2, 0.25) is 0 Å². The standard InChI is InChI=1S/C15H22O4/c1-4-7-13(17)15(19-6-3)11-8-9-12(16)14(10-11)18-5-2/h8-10,15-16H,4-7H2,1-3H3. The molecule has 0 radical (unpaired) electrons. The van der Waals surface area contributed by atoms with Crippen LogP contribution in [-0.4, -0.2) is 24.1 Å². The lowest BCUT2D eigenvalue weighted by Gasteiger charge is -2.17. The Bertz CT molecular complexity index is 415. The van der Waals surface area contributed by atoms with Crippen LogP contribution in [0.5, 0.6) is 11.5 Å². The molecule has 0 spiro atoms. The van der Waals surface area contributed by atoms with Gasteiger partial charge in [0.25, 0.3) is 0 Å². The van der Waals surface area contributed by atoms with Crippen molar-refractivity contribution in [2.24, 2.45) is 0 Å². The van der Waals surface area contributed by atoms with Crippen molar-refractivity contribution < 1.29 is 19.4 Å². The molecule has 0 saturated heterocycles. The minimum atomic E-state index is -0.579. The van der Waals surface area contributed by atoms with E-state index in [1.54, 1.807) is 12.1 Å². The van der Waals surface area contributed by atoms with Crippen LogP contribution in [0.4, 0.5) is 0 Å². The van der Waals surface area contributed by atoms with Crippen LogP contribution in [0.15, 0.2) is 18.2 Å². The highest BCUT2D eigenvalue weighted by Crippen LogP contribution is 2.31. The predicted molar refractivity (Wildman–Crippen MR) is 73.6 cm³/mol. The Labute approximate surface area is 114 Å². The van der Waals surface area contributed by atoms with Gasteiger partial charge in [0.1, 0.15) is 6.10 Å². The monoisotopic (exact) mass is 266 g/mol. The number of phenols is 1. The van der Waals surface area contributed by atoms with Crippen molar-refractivity contribution in [3.8, 4) is 11.5 Å². The number of aromatic hydroxyl groups is 1. The maximum Gasteiger partial charge on any atom is 0.166 e. The summed E-state index contributed by atoms with van der Waals surface area (Å²) in [5.74, 6) is 0.510. The third kappa shape index (κ3) is 4.24. The summed E-state index contributed by atoms with van der Waals surface area (Å²) in [4.78, 5) is 12.1. The topological polar surface area (TPSA) is 55.8 Å². The second-order valence-electron chi connectivity index (χ2n) is 4.21. The van der Waals surface area contributed by atoms with Gasteiger partial charge in [-0.25, -0.2) is 0 Å². The number of hydrogen-bond acceptors (Lipinski definition) is 4. The minimum absolute atomic E-state index is 0.0532. The lowest BCUT2D eigenvalue weighted by molar-refractivity contribution is -0.130. The molecule has 0 heterocycles. The fourth-order valence-corrected chi connectivity index (χ4v) is 1.88. The van der Waals surface area contributed by atoms with Gasteiger partial charge in [-0.15, -0.1) is 0 Å². The molecule has 0 bridgehead atoms. The average Bonchev–Trinajstić information content (AvgIpc) is 2.39. The molecule has 1 N–H and O–H groups in total. The number of ketones is 1. The Hall–Kier alpha value is -1.55. The normalized spacial score (nSPS) is 12.2. The highest BCUT2D eigenvalue weighted by Gasteiger charge is 2.21. The third-order valence-electron chi connectivity index (χ3n) is 2.71. The molecule has 0 saturated carbocycles. The molecular formula is C15H22O4. The third-order valence-corrected chi connectivity index (χ3v) is 2.71. The molecule has 4 heteroatoms. The Balaban J connectivity index is 3.01. The number of carbonyl (C=O) groups is 1. The van der Waals surface area contributed by atoms with E-state index in [-0.39, 0.29) is 11.5 Å². The molecule has 0 fully saturated rings. The van der Waals surface area contributed by atoms with Gasteiger partial charge in [-0.1, -0.05) is 13.0 Å². The average molecular weight is 266 g/mol. The minimum Gasteiger partial charge on any atom is -0.504 e. The Kier molecular flexibility index (Phi) is 6.36. The fraction of sp³-hybridized carbons (Fsp3) is 0.533. The summed E-state index contributed by atoms with van der Waals surface area (Å²) < 4.78 is 10.9. The number of ether oxygens (including phenoxy) is 2. The van der Waals surface area contributed by atoms with Gasteiger partial charge in [-0.3, -0.25) is 4.79 Å². The number of phenolic OH excluding ortho intramolecular Hbond substituents is 1. The molecule has 19 heavy (non-hydrogen) atoms. The lowest BCUT2D eigenvalue weighted by atomic mass is 10.0. The first kappa shape index (κ1) is 15.5. The molecule has 1 aromatic rings. The van der Waals surface area contributed by atoms with Crippen molar-refractivity contribution in [2.45, 2.75) is 39.7 Å². The molecule has 1 unspecified atom stereocenters. The number of Topliss-reactive ketones (excluding diaryl/α,β-unsaturated/α-hetero) is 1. The zero-order valence-corrected chi connectivity index (χ0v) is 11.8. The van der Waals surface area contributed by atoms with Crippen molar-refractivity contribution in [1.29, 1.82) is 0 Å². The van der Waals surface area contributed by atoms with Gasteiger partial charge in [0.2, 0.25) is 0 Å². The molecule has 1 aromatic carbocycles. The molecule has 4 nitrogen and oxygen atoms in total. The van der Waals surface area contributed by atoms with Crippen LogP contribution < -0.4 is 4.74 Å². The van der Waals surface area contributed by atoms with E-state index in [1.165, 1.54) is 6.07 Å². The van der Waals surface area contributed by atoms with E-state index < -0.39 is 6.10 Å². The number of hydrogen-bond donors (Lipinski definition) is 1. The summed E-state index contributed by atoms with van der Waals surface area (Å²) in [6, 6.07) is 4.91. The van der Waals surface area contributed by atoms with Gasteiger partial charge < -0.3 is 14.6 Å². The molecule has 0 aliphatic carbocycles. The SMILES string of the molecule is CCCC(=O)C(OCC)c1ccc(O)c(OCC)c1. The zero-order chi connectivity index (χ0) is 14.3. The second-order valence-corrected chi connectivity index (χ2v) is 4.21. The van der Waals surface area contributed by atoms with Gasteiger partial charge >= 0.3 is 0 Å². The van der Waals surface area contributed by atoms with Crippen LogP contribution in [0.3, 0.4) is 0 Å². The first-order chi connectivity index (χ1) is 9.13. The van der Waals surface area contributed by atoms with E-state index in [2.05, 4.69) is 0 Å². The summed E-state index contributed by atoms with van der Waals surface area (Å²) in [5, 5.41) is 9.67. The van der Waals surface area contributed by atoms with Gasteiger partial charge in [-0.2, -0.15) is 0 Å². The highest BCUT2D eigenvalue weighted by atomic mass is 16.5. The number of rotatable bonds is 8. The lowest BCUT2D eigenvalue weighted by Crippen LogP contribution is -2.16. The molecule has 0 aliphatic rings. The molecule has 1 atom stereocenters. The predicted octanol–water partition coefficient (Wildman–Crippen LogP) is 3.24. The van der Waals surface area contributed by atoms with Gasteiger partial charge in [0, 0.05) is 13.0 Å². The number of carbonyl (C=O) groups excluding carboxylic acids is 1. The Morgan fingerprint density at radius 2 is 2.00 bits per heavy atom. The summed E-state index contributed by atoms with van der Waals surface area (Å²) in [7, 11) is 0. The molecule has 0 aliphatic heterocycles. The summed E-state index contributed by atoms with van der Waals surface area (Å²) in [6.45, 7) is 6.58. The smallest absolute Gasteiger partial charge is 0.166 e. The molecule has 0 aromatic heterocycles. The summed E-state index contributed by atoms with van der Waals surface area (Å²) >= 11 is 0. The fourth-order valence-electron chi connectivity index (χ4n) is 1.88. The van der Waals surface area contributed by atoms with E-state index in [4.69, 9.17) is 9.47 Å². The van der Waals surface area contributed by atoms with E-state index in [1.807, 2.05) is 20.8 Å². The maximum atomic E-state index is 12.1. The summed E-state index contributed by atoms with van der Waals surface area (Å²) in [5.41, 5.74) is 0.724. The van der Waals surface area contributed by atoms with Crippen molar-refractivity contribution >= 4 is 5.78 Å². The quantitative estimate of drug-likeness (QED) is 0.784. The first-order valence-corrected chi connectivity index (χ1v) is 6.74. The molecule has 0 amide bonds. The largest absolute Gasteiger partial charge is 0.504 e. The van der Waals surface area contributed by atoms with Gasteiger partial charge in [-0.05, 0) is 38.0 Å². The van der Waals surface area contributed by atoms with Crippen molar-refractivity contribution in [3.05, 3.63) is 23.8 Å². The van der Waals surface area contributed by atoms with Crippen molar-refractivity contribution in [1.82, 2.24) is 0 Å². The highest BCUT2D eigenvalue weighted by molar-refractivity contribution is 5.84. The second kappa shape index (κ2) is 7.79. The van der Waals surface area contributed by atoms with Crippen molar-refractivity contribution in [3.63, 3.8) is 0 Å². The molecular weight excluding hydrogens is 244 g/mol. The molecule has 1 rings (SSSR count). The zero-order valence-electron chi connectivity index (χ0n) is 11.8. The van der Waals surface area contributed by atoms with Crippen molar-refractivity contribution in [2.75, 3.05) is 13.2 Å². The first-order valence-electron chi connectivity index (χ1n) is 6.74. The Morgan fingerprint density at radius 1 is 1.26 bits per heavy atom. The van der Waals surface area contributed by atoms with E-state index in [0.717, 1.165) is 12.0 Å². The van der Waals surface area contributed by atoms with E-state index in [0.29, 0.717) is 25.4 Å². The van der Waals surface area contributed by atoms with Crippen LogP contribution in [0.1, 0.15) is 45.3 Å². The van der Waals surface area contributed by atoms with E-state index >= 15 is 0 Å². The van der Waals surface area contributed by atoms with Crippen LogP contribution in [-0.2, 0) is 9.53 Å². The Morgan fingerprint density at radius 3 is 2.58 bits per heavy atom. The van der Waals surface area contributed by atoms with Gasteiger partial charge in [0.05, 0.1) is 6.61 Å². The number of benzene rings is 1. The molecule has 106 valence electrons. The van der Waals surface area contributed by atoms with E-state index in [9.17, 15) is 9.90 Å². The summed E-state index contributed by atoms with van der Waals surface area (Å²) in [6.07, 6.45) is 0.693. The van der Waals surface area contributed by atoms with Crippen LogP contribution >= 0.6 is 0 Å². The maximum absolute atomic E-state index is 12.1.